The fourth-order valence-corrected chi connectivity index (χ4v) is 5.58. The first-order valence-electron chi connectivity index (χ1n) is 14.0. The van der Waals surface area contributed by atoms with Crippen LogP contribution in [0.25, 0.3) is 11.0 Å². The fraction of sp³-hybridized carbons (Fsp3) is 0.500. The molecular weight excluding hydrogens is 492 g/mol. The Morgan fingerprint density at radius 2 is 1.82 bits per heavy atom. The summed E-state index contributed by atoms with van der Waals surface area (Å²) < 4.78 is 15.7. The van der Waals surface area contributed by atoms with Crippen LogP contribution in [0.1, 0.15) is 56.4 Å². The average molecular weight is 533 g/mol. The highest BCUT2D eigenvalue weighted by Crippen LogP contribution is 2.29. The monoisotopic (exact) mass is 532 g/mol. The minimum Gasteiger partial charge on any atom is -0.497 e. The number of aryl methyl sites for hydroxylation is 2. The third-order valence-electron chi connectivity index (χ3n) is 7.88. The molecule has 1 aliphatic rings. The number of methoxy groups -OCH3 is 1. The van der Waals surface area contributed by atoms with Crippen molar-refractivity contribution in [1.82, 2.24) is 29.2 Å². The summed E-state index contributed by atoms with van der Waals surface area (Å²) in [6, 6.07) is 14.2. The van der Waals surface area contributed by atoms with E-state index in [-0.39, 0.29) is 17.8 Å². The molecule has 39 heavy (non-hydrogen) atoms. The molecule has 4 aromatic rings. The van der Waals surface area contributed by atoms with Crippen molar-refractivity contribution in [3.05, 3.63) is 70.2 Å². The maximum absolute atomic E-state index is 13.6. The van der Waals surface area contributed by atoms with E-state index in [0.717, 1.165) is 72.8 Å². The topological polar surface area (TPSA) is 90.2 Å². The van der Waals surface area contributed by atoms with Gasteiger partial charge in [-0.15, -0.1) is 0 Å². The largest absolute Gasteiger partial charge is 0.497 e. The van der Waals surface area contributed by atoms with Crippen LogP contribution in [0.5, 0.6) is 11.5 Å². The van der Waals surface area contributed by atoms with Gasteiger partial charge in [0.1, 0.15) is 23.4 Å². The van der Waals surface area contributed by atoms with Gasteiger partial charge in [-0.25, -0.2) is 9.78 Å². The van der Waals surface area contributed by atoms with Gasteiger partial charge in [-0.05, 0) is 62.8 Å². The number of hydrogen-bond acceptors (Lipinski definition) is 6. The summed E-state index contributed by atoms with van der Waals surface area (Å²) in [6.07, 6.45) is 2.95. The van der Waals surface area contributed by atoms with Crippen molar-refractivity contribution in [1.29, 1.82) is 0 Å². The van der Waals surface area contributed by atoms with Gasteiger partial charge < -0.3 is 14.4 Å². The Bertz CT molecular complexity index is 1460. The van der Waals surface area contributed by atoms with Crippen LogP contribution in [0, 0.1) is 19.8 Å². The highest BCUT2D eigenvalue weighted by molar-refractivity contribution is 5.76. The highest BCUT2D eigenvalue weighted by atomic mass is 16.5. The first kappa shape index (κ1) is 27.0. The number of H-pyrrole nitrogens is 1. The quantitative estimate of drug-likeness (QED) is 0.318. The summed E-state index contributed by atoms with van der Waals surface area (Å²) in [5.41, 5.74) is 3.04. The Morgan fingerprint density at radius 1 is 1.08 bits per heavy atom. The first-order valence-corrected chi connectivity index (χ1v) is 14.0. The van der Waals surface area contributed by atoms with E-state index < -0.39 is 0 Å². The van der Waals surface area contributed by atoms with Gasteiger partial charge in [0, 0.05) is 31.7 Å². The SMILES string of the molecule is COc1ccc(C)c(OC(CCN2CCC(n3c(=O)n(Cc4n[nH]c(C)n4)c4ccccc43)CC2)C(C)C)c1. The number of aromatic nitrogens is 5. The molecule has 1 aliphatic heterocycles. The van der Waals surface area contributed by atoms with Gasteiger partial charge in [0.15, 0.2) is 5.82 Å². The summed E-state index contributed by atoms with van der Waals surface area (Å²) in [7, 11) is 1.68. The standard InChI is InChI=1S/C30H40N6O3/c1-20(2)27(39-28-18-24(38-5)11-10-21(28)3)14-17-34-15-12-23(13-16-34)36-26-9-7-6-8-25(26)35(30(36)37)19-29-31-22(4)32-33-29/h6-11,18,20,23,27H,12-17,19H2,1-5H3,(H,31,32,33). The number of ether oxygens (including phenoxy) is 2. The van der Waals surface area contributed by atoms with E-state index in [1.165, 1.54) is 0 Å². The van der Waals surface area contributed by atoms with Crippen molar-refractivity contribution < 1.29 is 9.47 Å². The lowest BCUT2D eigenvalue weighted by Gasteiger charge is -2.34. The molecule has 0 aliphatic carbocycles. The van der Waals surface area contributed by atoms with Crippen molar-refractivity contribution in [2.45, 2.75) is 65.6 Å². The van der Waals surface area contributed by atoms with E-state index in [2.05, 4.69) is 40.9 Å². The molecule has 1 unspecified atom stereocenters. The molecule has 2 aromatic carbocycles. The first-order chi connectivity index (χ1) is 18.8. The maximum Gasteiger partial charge on any atom is 0.329 e. The van der Waals surface area contributed by atoms with Crippen molar-refractivity contribution >= 4 is 11.0 Å². The number of likely N-dealkylation sites (tertiary alicyclic amines) is 1. The number of benzene rings is 2. The Morgan fingerprint density at radius 3 is 2.49 bits per heavy atom. The highest BCUT2D eigenvalue weighted by Gasteiger charge is 2.26. The van der Waals surface area contributed by atoms with Crippen LogP contribution in [0.4, 0.5) is 0 Å². The maximum atomic E-state index is 13.6. The van der Waals surface area contributed by atoms with E-state index in [4.69, 9.17) is 9.47 Å². The predicted octanol–water partition coefficient (Wildman–Crippen LogP) is 4.73. The zero-order valence-corrected chi connectivity index (χ0v) is 23.7. The minimum absolute atomic E-state index is 0.0130. The molecule has 0 saturated carbocycles. The van der Waals surface area contributed by atoms with Crippen LogP contribution < -0.4 is 15.2 Å². The number of rotatable bonds is 10. The fourth-order valence-electron chi connectivity index (χ4n) is 5.58. The van der Waals surface area contributed by atoms with Gasteiger partial charge in [-0.1, -0.05) is 32.0 Å². The minimum atomic E-state index is 0.0130. The molecule has 0 bridgehead atoms. The van der Waals surface area contributed by atoms with Crippen molar-refractivity contribution in [2.24, 2.45) is 5.92 Å². The van der Waals surface area contributed by atoms with E-state index in [0.29, 0.717) is 18.3 Å². The number of para-hydroxylation sites is 2. The summed E-state index contributed by atoms with van der Waals surface area (Å²) in [5.74, 6) is 3.47. The van der Waals surface area contributed by atoms with Gasteiger partial charge in [-0.3, -0.25) is 14.2 Å². The normalized spacial score (nSPS) is 15.7. The number of piperidine rings is 1. The van der Waals surface area contributed by atoms with Crippen LogP contribution in [0.15, 0.2) is 47.3 Å². The molecule has 5 rings (SSSR count). The van der Waals surface area contributed by atoms with Gasteiger partial charge in [-0.2, -0.15) is 5.10 Å². The molecule has 1 saturated heterocycles. The molecule has 0 amide bonds. The Balaban J connectivity index is 1.24. The van der Waals surface area contributed by atoms with Crippen LogP contribution in [-0.2, 0) is 6.54 Å². The lowest BCUT2D eigenvalue weighted by atomic mass is 10.0. The molecule has 1 fully saturated rings. The van der Waals surface area contributed by atoms with E-state index in [9.17, 15) is 4.79 Å². The van der Waals surface area contributed by atoms with Crippen LogP contribution >= 0.6 is 0 Å². The van der Waals surface area contributed by atoms with E-state index in [1.54, 1.807) is 11.7 Å². The zero-order chi connectivity index (χ0) is 27.5. The van der Waals surface area contributed by atoms with Crippen molar-refractivity contribution in [3.63, 3.8) is 0 Å². The second-order valence-electron chi connectivity index (χ2n) is 11.0. The van der Waals surface area contributed by atoms with Crippen molar-refractivity contribution in [2.75, 3.05) is 26.7 Å². The number of imidazole rings is 1. The molecule has 3 heterocycles. The molecular formula is C30H40N6O3. The third kappa shape index (κ3) is 5.88. The van der Waals surface area contributed by atoms with Gasteiger partial charge in [0.2, 0.25) is 0 Å². The molecule has 1 atom stereocenters. The summed E-state index contributed by atoms with van der Waals surface area (Å²) in [4.78, 5) is 20.6. The molecule has 9 heteroatoms. The Kier molecular flexibility index (Phi) is 8.07. The zero-order valence-electron chi connectivity index (χ0n) is 23.7. The number of nitrogens with zero attached hydrogens (tertiary/aromatic N) is 5. The number of hydrogen-bond donors (Lipinski definition) is 1. The number of fused-ring (bicyclic) bond motifs is 1. The Hall–Kier alpha value is -3.59. The molecule has 1 N–H and O–H groups in total. The van der Waals surface area contributed by atoms with Gasteiger partial charge in [0.25, 0.3) is 0 Å². The summed E-state index contributed by atoms with van der Waals surface area (Å²) in [6.45, 7) is 11.6. The van der Waals surface area contributed by atoms with Gasteiger partial charge >= 0.3 is 5.69 Å². The van der Waals surface area contributed by atoms with Gasteiger partial charge in [0.05, 0.1) is 24.7 Å². The van der Waals surface area contributed by atoms with E-state index in [1.807, 2.05) is 54.0 Å². The number of aromatic amines is 1. The number of nitrogens with one attached hydrogen (secondary N) is 1. The van der Waals surface area contributed by atoms with Crippen molar-refractivity contribution in [3.8, 4) is 11.5 Å². The predicted molar refractivity (Wildman–Crippen MR) is 153 cm³/mol. The summed E-state index contributed by atoms with van der Waals surface area (Å²) >= 11 is 0. The molecule has 0 radical (unpaired) electrons. The molecule has 0 spiro atoms. The lowest BCUT2D eigenvalue weighted by molar-refractivity contribution is 0.109. The summed E-state index contributed by atoms with van der Waals surface area (Å²) in [5, 5.41) is 7.13. The second-order valence-corrected chi connectivity index (χ2v) is 11.0. The van der Waals surface area contributed by atoms with Crippen LogP contribution in [0.3, 0.4) is 0 Å². The lowest BCUT2D eigenvalue weighted by Crippen LogP contribution is -2.40. The van der Waals surface area contributed by atoms with Crippen LogP contribution in [0.2, 0.25) is 0 Å². The van der Waals surface area contributed by atoms with Crippen LogP contribution in [-0.4, -0.2) is 62.1 Å². The molecule has 2 aromatic heterocycles. The average Bonchev–Trinajstić information content (AvgIpc) is 3.47. The van der Waals surface area contributed by atoms with E-state index >= 15 is 0 Å². The Labute approximate surface area is 229 Å². The molecule has 9 nitrogen and oxygen atoms in total. The molecule has 208 valence electrons. The third-order valence-corrected chi connectivity index (χ3v) is 7.88. The second kappa shape index (κ2) is 11.7. The smallest absolute Gasteiger partial charge is 0.329 e.